The molecule has 0 N–H and O–H groups in total. The number of hydrogen-bond donors (Lipinski definition) is 0. The topological polar surface area (TPSA) is 52.1 Å². The molecular formula is C7H7BrN2O2. The molecule has 0 atom stereocenters. The average molecular weight is 231 g/mol. The molecule has 64 valence electrons. The first-order chi connectivity index (χ1) is 5.74. The van der Waals surface area contributed by atoms with Crippen LogP contribution in [0.15, 0.2) is 17.0 Å². The highest BCUT2D eigenvalue weighted by Crippen LogP contribution is 2.12. The van der Waals surface area contributed by atoms with Gasteiger partial charge >= 0.3 is 5.97 Å². The molecule has 0 aliphatic heterocycles. The van der Waals surface area contributed by atoms with Gasteiger partial charge in [0.15, 0.2) is 0 Å². The zero-order chi connectivity index (χ0) is 8.97. The van der Waals surface area contributed by atoms with Gasteiger partial charge in [-0.3, -0.25) is 4.79 Å². The monoisotopic (exact) mass is 230 g/mol. The van der Waals surface area contributed by atoms with Crippen LogP contribution in [0.25, 0.3) is 0 Å². The van der Waals surface area contributed by atoms with E-state index in [0.717, 1.165) is 4.47 Å². The lowest BCUT2D eigenvalue weighted by molar-refractivity contribution is -0.139. The second-order valence-corrected chi connectivity index (χ2v) is 2.92. The normalized spacial score (nSPS) is 9.50. The zero-order valence-corrected chi connectivity index (χ0v) is 8.04. The smallest absolute Gasteiger partial charge is 0.311 e. The maximum atomic E-state index is 10.8. The van der Waals surface area contributed by atoms with E-state index in [1.54, 1.807) is 6.20 Å². The predicted octanol–water partition coefficient (Wildman–Crippen LogP) is 0.955. The summed E-state index contributed by atoms with van der Waals surface area (Å²) in [5.74, 6) is -0.311. The van der Waals surface area contributed by atoms with E-state index in [4.69, 9.17) is 0 Å². The van der Waals surface area contributed by atoms with Gasteiger partial charge in [0.25, 0.3) is 0 Å². The van der Waals surface area contributed by atoms with E-state index in [2.05, 4.69) is 30.6 Å². The Bertz CT molecular complexity index is 290. The summed E-state index contributed by atoms with van der Waals surface area (Å²) in [5.41, 5.74) is 0.636. The summed E-state index contributed by atoms with van der Waals surface area (Å²) in [7, 11) is 1.34. The molecule has 0 saturated carbocycles. The largest absolute Gasteiger partial charge is 0.469 e. The van der Waals surface area contributed by atoms with Crippen LogP contribution >= 0.6 is 15.9 Å². The molecule has 1 aromatic heterocycles. The highest BCUT2D eigenvalue weighted by Gasteiger charge is 2.06. The van der Waals surface area contributed by atoms with Gasteiger partial charge in [0.2, 0.25) is 0 Å². The maximum Gasteiger partial charge on any atom is 0.311 e. The van der Waals surface area contributed by atoms with Crippen molar-refractivity contribution < 1.29 is 9.53 Å². The summed E-state index contributed by atoms with van der Waals surface area (Å²) < 4.78 is 5.21. The fourth-order valence-electron chi connectivity index (χ4n) is 0.677. The molecule has 1 aromatic rings. The summed E-state index contributed by atoms with van der Waals surface area (Å²) >= 11 is 3.22. The summed E-state index contributed by atoms with van der Waals surface area (Å²) in [4.78, 5) is 18.5. The van der Waals surface area contributed by atoms with Gasteiger partial charge in [0.1, 0.15) is 6.33 Å². The van der Waals surface area contributed by atoms with Crippen molar-refractivity contribution >= 4 is 21.9 Å². The zero-order valence-electron chi connectivity index (χ0n) is 6.45. The number of carbonyl (C=O) groups is 1. The molecule has 0 fully saturated rings. The van der Waals surface area contributed by atoms with Crippen molar-refractivity contribution in [2.24, 2.45) is 0 Å². The minimum atomic E-state index is -0.311. The molecule has 1 heterocycles. The molecule has 0 saturated heterocycles. The van der Waals surface area contributed by atoms with Crippen LogP contribution in [0.5, 0.6) is 0 Å². The Kier molecular flexibility index (Phi) is 3.16. The lowest BCUT2D eigenvalue weighted by Gasteiger charge is -1.99. The molecule has 0 spiro atoms. The first kappa shape index (κ1) is 9.12. The summed E-state index contributed by atoms with van der Waals surface area (Å²) in [6, 6.07) is 0. The van der Waals surface area contributed by atoms with Gasteiger partial charge in [-0.1, -0.05) is 0 Å². The van der Waals surface area contributed by atoms with E-state index in [-0.39, 0.29) is 12.4 Å². The number of ether oxygens (including phenoxy) is 1. The lowest BCUT2D eigenvalue weighted by atomic mass is 10.3. The van der Waals surface area contributed by atoms with E-state index < -0.39 is 0 Å². The highest BCUT2D eigenvalue weighted by atomic mass is 79.9. The van der Waals surface area contributed by atoms with Crippen molar-refractivity contribution in [1.29, 1.82) is 0 Å². The summed E-state index contributed by atoms with van der Waals surface area (Å²) in [6.07, 6.45) is 3.15. The van der Waals surface area contributed by atoms with Gasteiger partial charge in [-0.05, 0) is 15.9 Å². The first-order valence-corrected chi connectivity index (χ1v) is 4.04. The van der Waals surface area contributed by atoms with E-state index in [0.29, 0.717) is 5.69 Å². The predicted molar refractivity (Wildman–Crippen MR) is 45.5 cm³/mol. The molecular weight excluding hydrogens is 224 g/mol. The Morgan fingerprint density at radius 2 is 2.50 bits per heavy atom. The van der Waals surface area contributed by atoms with Gasteiger partial charge < -0.3 is 4.74 Å². The van der Waals surface area contributed by atoms with E-state index in [9.17, 15) is 4.79 Å². The molecule has 4 nitrogen and oxygen atoms in total. The number of carbonyl (C=O) groups excluding carboxylic acids is 1. The number of aromatic nitrogens is 2. The fraction of sp³-hybridized carbons (Fsp3) is 0.286. The van der Waals surface area contributed by atoms with E-state index in [1.165, 1.54) is 13.4 Å². The van der Waals surface area contributed by atoms with Crippen molar-refractivity contribution in [1.82, 2.24) is 9.97 Å². The van der Waals surface area contributed by atoms with Crippen molar-refractivity contribution in [2.75, 3.05) is 7.11 Å². The summed E-state index contributed by atoms with van der Waals surface area (Å²) in [6.45, 7) is 0. The molecule has 0 aromatic carbocycles. The van der Waals surface area contributed by atoms with Crippen molar-refractivity contribution in [3.05, 3.63) is 22.7 Å². The SMILES string of the molecule is COC(=O)Cc1ncncc1Br. The molecule has 0 unspecified atom stereocenters. The van der Waals surface area contributed by atoms with Crippen LogP contribution in [0.1, 0.15) is 5.69 Å². The van der Waals surface area contributed by atoms with Gasteiger partial charge in [-0.15, -0.1) is 0 Å². The third-order valence-electron chi connectivity index (χ3n) is 1.28. The van der Waals surface area contributed by atoms with Gasteiger partial charge in [0.05, 0.1) is 23.7 Å². The number of rotatable bonds is 2. The Morgan fingerprint density at radius 1 is 1.75 bits per heavy atom. The number of halogens is 1. The third kappa shape index (κ3) is 2.27. The minimum Gasteiger partial charge on any atom is -0.469 e. The average Bonchev–Trinajstić information content (AvgIpc) is 2.09. The van der Waals surface area contributed by atoms with Crippen molar-refractivity contribution in [3.8, 4) is 0 Å². The number of methoxy groups -OCH3 is 1. The quantitative estimate of drug-likeness (QED) is 0.711. The Morgan fingerprint density at radius 3 is 3.08 bits per heavy atom. The second kappa shape index (κ2) is 4.15. The van der Waals surface area contributed by atoms with Crippen LogP contribution in [0.3, 0.4) is 0 Å². The third-order valence-corrected chi connectivity index (χ3v) is 1.95. The lowest BCUT2D eigenvalue weighted by Crippen LogP contribution is -2.06. The van der Waals surface area contributed by atoms with Crippen LogP contribution in [0.2, 0.25) is 0 Å². The van der Waals surface area contributed by atoms with Gasteiger partial charge in [-0.25, -0.2) is 9.97 Å². The Hall–Kier alpha value is -0.970. The standard InChI is InChI=1S/C7H7BrN2O2/c1-12-7(11)2-6-5(8)3-9-4-10-6/h3-4H,2H2,1H3. The molecule has 0 radical (unpaired) electrons. The summed E-state index contributed by atoms with van der Waals surface area (Å²) in [5, 5.41) is 0. The van der Waals surface area contributed by atoms with Crippen LogP contribution in [-0.2, 0) is 16.0 Å². The van der Waals surface area contributed by atoms with Crippen molar-refractivity contribution in [2.45, 2.75) is 6.42 Å². The molecule has 5 heteroatoms. The fourth-order valence-corrected chi connectivity index (χ4v) is 1.04. The van der Waals surface area contributed by atoms with Crippen LogP contribution in [-0.4, -0.2) is 23.0 Å². The molecule has 1 rings (SSSR count). The van der Waals surface area contributed by atoms with Gasteiger partial charge in [0, 0.05) is 6.20 Å². The highest BCUT2D eigenvalue weighted by molar-refractivity contribution is 9.10. The van der Waals surface area contributed by atoms with Crippen LogP contribution in [0, 0.1) is 0 Å². The van der Waals surface area contributed by atoms with Crippen LogP contribution < -0.4 is 0 Å². The van der Waals surface area contributed by atoms with E-state index in [1.807, 2.05) is 0 Å². The second-order valence-electron chi connectivity index (χ2n) is 2.07. The minimum absolute atomic E-state index is 0.166. The molecule has 0 aliphatic carbocycles. The van der Waals surface area contributed by atoms with Crippen molar-refractivity contribution in [3.63, 3.8) is 0 Å². The Balaban J connectivity index is 2.75. The molecule has 0 aliphatic rings. The number of esters is 1. The number of nitrogens with zero attached hydrogens (tertiary/aromatic N) is 2. The maximum absolute atomic E-state index is 10.8. The first-order valence-electron chi connectivity index (χ1n) is 3.25. The molecule has 0 amide bonds. The Labute approximate surface area is 78.1 Å². The molecule has 12 heavy (non-hydrogen) atoms. The van der Waals surface area contributed by atoms with E-state index >= 15 is 0 Å². The van der Waals surface area contributed by atoms with Gasteiger partial charge in [-0.2, -0.15) is 0 Å². The molecule has 0 bridgehead atoms. The van der Waals surface area contributed by atoms with Crippen LogP contribution in [0.4, 0.5) is 0 Å². The number of hydrogen-bond acceptors (Lipinski definition) is 4.